The number of hydrogen-bond acceptors (Lipinski definition) is 49. The summed E-state index contributed by atoms with van der Waals surface area (Å²) in [6.07, 6.45) is 7.49. The van der Waals surface area contributed by atoms with Crippen molar-refractivity contribution in [2.24, 2.45) is 27.7 Å². The Balaban J connectivity index is -0.000000135. The third-order valence-electron chi connectivity index (χ3n) is 15.7. The van der Waals surface area contributed by atoms with Crippen LogP contribution in [0.1, 0.15) is 290 Å². The molecule has 0 aliphatic carbocycles. The van der Waals surface area contributed by atoms with Crippen molar-refractivity contribution < 1.29 is 98.8 Å². The average molecular weight is 2440 g/mol. The molecule has 0 aliphatic heterocycles. The van der Waals surface area contributed by atoms with Crippen molar-refractivity contribution in [2.45, 2.75) is 382 Å². The third kappa shape index (κ3) is 99.4. The summed E-state index contributed by atoms with van der Waals surface area (Å²) in [6, 6.07) is 3.00. The molecule has 150 heavy (non-hydrogen) atoms. The number of nitrogens with one attached hydrogen (secondary N) is 14. The van der Waals surface area contributed by atoms with Gasteiger partial charge in [0.1, 0.15) is 0 Å². The number of anilines is 6. The molecule has 8 amide bonds. The average Bonchev–Trinajstić information content (AvgIpc) is 0.818. The first-order chi connectivity index (χ1) is 67.3. The molecule has 0 fully saturated rings. The van der Waals surface area contributed by atoms with Crippen LogP contribution >= 0.6 is 0 Å². The van der Waals surface area contributed by atoms with Gasteiger partial charge in [0, 0.05) is 278 Å². The highest BCUT2D eigenvalue weighted by molar-refractivity contribution is 8.08. The van der Waals surface area contributed by atoms with Crippen molar-refractivity contribution in [1.29, 1.82) is 0 Å². The Kier molecular flexibility index (Phi) is 105. The highest BCUT2D eigenvalue weighted by Gasteiger charge is 2.51. The zero-order valence-corrected chi connectivity index (χ0v) is 109. The summed E-state index contributed by atoms with van der Waals surface area (Å²) < 4.78 is 106. The summed E-state index contributed by atoms with van der Waals surface area (Å²) >= 11 is 36.7. The van der Waals surface area contributed by atoms with E-state index in [2.05, 4.69) is 227 Å². The molecule has 0 unspecified atom stereocenters. The number of nitrogen functional groups attached to an aromatic ring is 3. The number of nitrogens with zero attached hydrogens (tertiary/aromatic N) is 8. The first-order valence-corrected chi connectivity index (χ1v) is 64.8. The van der Waals surface area contributed by atoms with Gasteiger partial charge >= 0.3 is 77.0 Å². The lowest BCUT2D eigenvalue weighted by atomic mass is 10.2. The lowest BCUT2D eigenvalue weighted by Crippen LogP contribution is -2.53. The van der Waals surface area contributed by atoms with E-state index in [1.807, 2.05) is 208 Å². The third-order valence-corrected chi connectivity index (χ3v) is 35.7. The molecule has 63 heteroatoms. The highest BCUT2D eigenvalue weighted by Crippen LogP contribution is 2.35. The van der Waals surface area contributed by atoms with E-state index in [0.29, 0.717) is 93.9 Å². The van der Waals surface area contributed by atoms with Gasteiger partial charge < -0.3 is 128 Å². The van der Waals surface area contributed by atoms with Gasteiger partial charge in [0.25, 0.3) is 0 Å². The molecule has 0 saturated carbocycles. The van der Waals surface area contributed by atoms with Gasteiger partial charge in [-0.25, -0.2) is 47.6 Å². The van der Waals surface area contributed by atoms with Crippen LogP contribution in [0.3, 0.4) is 0 Å². The maximum Gasteiger partial charge on any atom is 0.501 e. The van der Waals surface area contributed by atoms with Crippen LogP contribution < -0.4 is 92.5 Å². The summed E-state index contributed by atoms with van der Waals surface area (Å²) in [6.45, 7) is 66.5. The summed E-state index contributed by atoms with van der Waals surface area (Å²) in [5, 5.41) is 32.3. The largest absolute Gasteiger partial charge is 0.501 e. The monoisotopic (exact) mass is 2440 g/mol. The zero-order chi connectivity index (χ0) is 116. The molecule has 0 spiro atoms. The second kappa shape index (κ2) is 90.7. The van der Waals surface area contributed by atoms with Crippen molar-refractivity contribution in [3.63, 3.8) is 0 Å². The van der Waals surface area contributed by atoms with Gasteiger partial charge in [0.2, 0.25) is 35.7 Å². The minimum absolute atomic E-state index is 0. The number of nitrogens with two attached hydrogens (primary N) is 3. The molecule has 0 aliphatic rings. The van der Waals surface area contributed by atoms with Crippen LogP contribution in [-0.4, -0.2) is 293 Å². The Hall–Kier alpha value is -4.10. The fraction of sp³-hybridized carbons (Fsp3) is 0.862. The van der Waals surface area contributed by atoms with Crippen LogP contribution in [0.5, 0.6) is 0 Å². The van der Waals surface area contributed by atoms with Crippen LogP contribution in [0.4, 0.5) is 54.9 Å². The molecule has 47 nitrogen and oxygen atoms in total. The van der Waals surface area contributed by atoms with Gasteiger partial charge in [-0.15, -0.1) is 0 Å². The van der Waals surface area contributed by atoms with Crippen molar-refractivity contribution in [1.82, 2.24) is 72.5 Å². The first-order valence-electron chi connectivity index (χ1n) is 46.5. The number of carbonyl (C=O) groups is 4. The van der Waals surface area contributed by atoms with Crippen molar-refractivity contribution >= 4 is 237 Å². The number of hydrazine groups is 3. The lowest BCUT2D eigenvalue weighted by molar-refractivity contribution is -0.0379. The molecule has 892 valence electrons. The van der Waals surface area contributed by atoms with E-state index in [1.165, 1.54) is 6.21 Å². The molecule has 0 atom stereocenters. The second-order valence-electron chi connectivity index (χ2n) is 40.2. The topological polar surface area (TPSA) is 583 Å². The van der Waals surface area contributed by atoms with Gasteiger partial charge in [-0.05, 0) is 260 Å². The van der Waals surface area contributed by atoms with Crippen LogP contribution in [-0.2, 0) is 192 Å². The smallest absolute Gasteiger partial charge is 0.377 e. The number of urea groups is 4. The lowest BCUT2D eigenvalue weighted by Gasteiger charge is -2.39. The number of rotatable bonds is 50. The molecular formula is C87H203N25O22S10Si6. The molecule has 0 radical (unpaired) electrons. The van der Waals surface area contributed by atoms with Crippen LogP contribution in [0.15, 0.2) is 10.2 Å². The number of hydrazone groups is 2. The molecule has 2 aromatic heterocycles. The standard InChI is InChI=1S/C17H36N8O3Si.C15H34N8O3Si.C15H33N3O4Si.2C14H32N2O4Si.C8H20N2O4Si.4CH4.5S2/c1-9-20-25-15-22-13(21-14(23-15)24-18)19-11-10-12-29(26-8,27-16(2,3)4)28-17(5,6)7;1-14(2,3)25-27(24-7,26-15(4,5)6)10-8-9-18-11-19-12(22-16)21-13(20-11)23-17;1-9-17-18-13(19)16-11-10-12-23(20-8,21-14(2,3)4)22-15(5,6)7;2*1-13(2,3)19-21(18-8,20-14(4,5)6)11-9-10-16-12(17)15-7;1-9-8(11)10-6-5-7-15(12-2,13-3)14-4;;;;;5*1-2/h9H,10-12,18H2,1-8H3,(H3,19,21,22,23,24,25);8-10,16-17H2,1-7H3,(H3,18,19,20,21,22,23);9H,10-12H2,1-8H3,(H2,16,18,19);2*9-11H2,1-8H3,(H2,15,16,17);5-7H2,1-4H3,(H2,9,10,11);4*1H4;;;;;/b20-9+;;17-9+;;;;;;;;;;;;. The maximum atomic E-state index is 11.4. The summed E-state index contributed by atoms with van der Waals surface area (Å²) in [4.78, 5) is 69.3. The van der Waals surface area contributed by atoms with Crippen molar-refractivity contribution in [3.8, 4) is 0 Å². The Bertz CT molecular complexity index is 3600. The molecular weight excluding hydrogens is 2240 g/mol. The molecule has 0 bridgehead atoms. The van der Waals surface area contributed by atoms with Gasteiger partial charge in [-0.2, -0.15) is 40.1 Å². The predicted molar refractivity (Wildman–Crippen MR) is 652 cm³/mol. The van der Waals surface area contributed by atoms with E-state index in [1.54, 1.807) is 98.1 Å². The van der Waals surface area contributed by atoms with Crippen molar-refractivity contribution in [3.05, 3.63) is 0 Å². The van der Waals surface area contributed by atoms with E-state index in [-0.39, 0.29) is 134 Å². The second-order valence-corrected chi connectivity index (χ2v) is 56.7. The molecule has 2 aromatic rings. The first kappa shape index (κ1) is 173. The number of carbonyl (C=O) groups excluding carboxylic acids is 4. The van der Waals surface area contributed by atoms with Crippen molar-refractivity contribution in [2.75, 3.05) is 150 Å². The Morgan fingerprint density at radius 2 is 0.427 bits per heavy atom. The predicted octanol–water partition coefficient (Wildman–Crippen LogP) is 14.7. The quantitative estimate of drug-likeness (QED) is 0.00961. The maximum absolute atomic E-state index is 11.4. The Morgan fingerprint density at radius 3 is 0.593 bits per heavy atom. The zero-order valence-electron chi connectivity index (χ0n) is 95.3. The highest BCUT2D eigenvalue weighted by atomic mass is 32.8. The van der Waals surface area contributed by atoms with E-state index in [0.717, 1.165) is 32.1 Å². The van der Waals surface area contributed by atoms with Gasteiger partial charge in [0.15, 0.2) is 0 Å². The molecule has 0 aromatic carbocycles. The number of hydrogen-bond donors (Lipinski definition) is 17. The minimum Gasteiger partial charge on any atom is -0.377 e. The van der Waals surface area contributed by atoms with Crippen LogP contribution in [0.25, 0.3) is 0 Å². The van der Waals surface area contributed by atoms with Gasteiger partial charge in [-0.3, -0.25) is 16.3 Å². The number of amides is 8. The van der Waals surface area contributed by atoms with Crippen LogP contribution in [0.2, 0.25) is 36.3 Å². The Labute approximate surface area is 960 Å². The van der Waals surface area contributed by atoms with E-state index >= 15 is 0 Å². The van der Waals surface area contributed by atoms with E-state index in [9.17, 15) is 19.2 Å². The SMILES string of the molecule is C.C.C.C.C/C=N/NC(=O)NCCC[Si](OC)(OC(C)(C)C)OC(C)(C)C.C/C=N/Nc1nc(NN)nc(NCCC[Si](OC)(OC(C)(C)C)OC(C)(C)C)n1.CNC(=O)NCCC[Si](OC)(OC(C)(C)C)OC(C)(C)C.CNC(=O)NCCC[Si](OC)(OC(C)(C)C)OC(C)(C)C.CNC(=O)NCCC[Si](OC)(OC)OC.CO[Si](CCCNc1nc(NN)nc(NN)n1)(OC(C)(C)C)OC(C)(C)C.S=S.S=S.S=S.S=S.S=S. The van der Waals surface area contributed by atoms with Gasteiger partial charge in [0.05, 0.1) is 56.0 Å². The molecule has 0 saturated heterocycles. The fourth-order valence-corrected chi connectivity index (χ4v) is 28.7. The van der Waals surface area contributed by atoms with E-state index < -0.39 is 52.8 Å². The Morgan fingerprint density at radius 1 is 0.267 bits per heavy atom. The van der Waals surface area contributed by atoms with E-state index in [4.69, 9.17) is 97.2 Å². The summed E-state index contributed by atoms with van der Waals surface area (Å²) in [7, 11) is 1.02. The molecule has 2 heterocycles. The molecule has 20 N–H and O–H groups in total. The number of aromatic nitrogens is 6. The summed E-state index contributed by atoms with van der Waals surface area (Å²) in [5.74, 6) is 17.8. The van der Waals surface area contributed by atoms with Crippen LogP contribution in [0, 0.1) is 0 Å². The van der Waals surface area contributed by atoms with Gasteiger partial charge in [-0.1, -0.05) is 29.7 Å². The fourth-order valence-electron chi connectivity index (χ4n) is 11.5. The minimum atomic E-state index is -2.88. The normalized spacial score (nSPS) is 11.8. The molecule has 2 rings (SSSR count). The summed E-state index contributed by atoms with van der Waals surface area (Å²) in [5.41, 5.74) is 8.58.